The molecule has 0 atom stereocenters. The number of hydrogen-bond donors (Lipinski definition) is 0. The molecular formula is C16H23N5. The highest BCUT2D eigenvalue weighted by Crippen LogP contribution is 2.27. The van der Waals surface area contributed by atoms with Gasteiger partial charge in [0, 0.05) is 24.7 Å². The Bertz CT molecular complexity index is 690. The van der Waals surface area contributed by atoms with Crippen LogP contribution in [0.4, 0.5) is 0 Å². The van der Waals surface area contributed by atoms with E-state index in [2.05, 4.69) is 35.4 Å². The van der Waals surface area contributed by atoms with E-state index in [1.165, 1.54) is 30.5 Å². The number of fused-ring (bicyclic) bond motifs is 3. The van der Waals surface area contributed by atoms with Gasteiger partial charge in [-0.25, -0.2) is 4.98 Å². The van der Waals surface area contributed by atoms with E-state index in [0.717, 1.165) is 29.5 Å². The van der Waals surface area contributed by atoms with Crippen LogP contribution in [0.3, 0.4) is 0 Å². The summed E-state index contributed by atoms with van der Waals surface area (Å²) in [6.45, 7) is 7.05. The third-order valence-electron chi connectivity index (χ3n) is 4.13. The Morgan fingerprint density at radius 3 is 2.81 bits per heavy atom. The van der Waals surface area contributed by atoms with E-state index in [1.807, 2.05) is 17.9 Å². The second-order valence-corrected chi connectivity index (χ2v) is 5.78. The van der Waals surface area contributed by atoms with Gasteiger partial charge in [0.2, 0.25) is 0 Å². The molecule has 0 saturated carbocycles. The first kappa shape index (κ1) is 14.0. The molecular weight excluding hydrogens is 262 g/mol. The molecule has 112 valence electrons. The maximum absolute atomic E-state index is 4.85. The molecule has 2 aromatic rings. The molecule has 0 spiro atoms. The van der Waals surface area contributed by atoms with Crippen molar-refractivity contribution in [2.75, 3.05) is 0 Å². The zero-order chi connectivity index (χ0) is 15.0. The van der Waals surface area contributed by atoms with E-state index >= 15 is 0 Å². The monoisotopic (exact) mass is 285 g/mol. The number of aliphatic imine (C=N–C) groups is 1. The van der Waals surface area contributed by atoms with Crippen LogP contribution in [0.15, 0.2) is 11.2 Å². The summed E-state index contributed by atoms with van der Waals surface area (Å²) in [5.41, 5.74) is 4.59. The van der Waals surface area contributed by atoms with Crippen molar-refractivity contribution >= 4 is 5.71 Å². The van der Waals surface area contributed by atoms with Crippen LogP contribution >= 0.6 is 0 Å². The Morgan fingerprint density at radius 1 is 1.24 bits per heavy atom. The highest BCUT2D eigenvalue weighted by molar-refractivity contribution is 6.04. The molecule has 0 aliphatic carbocycles. The summed E-state index contributed by atoms with van der Waals surface area (Å²) >= 11 is 0. The largest absolute Gasteiger partial charge is 0.283 e. The summed E-state index contributed by atoms with van der Waals surface area (Å²) < 4.78 is 4.16. The van der Waals surface area contributed by atoms with Crippen LogP contribution in [0.2, 0.25) is 0 Å². The fraction of sp³-hybridized carbons (Fsp3) is 0.562. The van der Waals surface area contributed by atoms with Crippen molar-refractivity contribution < 1.29 is 0 Å². The van der Waals surface area contributed by atoms with Crippen molar-refractivity contribution in [3.05, 3.63) is 29.0 Å². The lowest BCUT2D eigenvalue weighted by Crippen LogP contribution is -2.10. The molecule has 0 aromatic carbocycles. The summed E-state index contributed by atoms with van der Waals surface area (Å²) in [5.74, 6) is 2.12. The van der Waals surface area contributed by atoms with Gasteiger partial charge in [0.1, 0.15) is 11.6 Å². The molecule has 0 unspecified atom stereocenters. The average Bonchev–Trinajstić information content (AvgIpc) is 2.88. The molecule has 0 radical (unpaired) electrons. The predicted octanol–water partition coefficient (Wildman–Crippen LogP) is 3.11. The first-order valence-electron chi connectivity index (χ1n) is 7.74. The van der Waals surface area contributed by atoms with Gasteiger partial charge in [0.05, 0.1) is 17.8 Å². The standard InChI is InChI=1S/C16H23N5/c1-5-6-7-8-13-15-12(3)19-20(4)16(15)21-11(2)9-18-14(21)10-17-13/h9H,5-8,10H2,1-4H3. The minimum atomic E-state index is 0.656. The van der Waals surface area contributed by atoms with Crippen LogP contribution in [0.5, 0.6) is 0 Å². The molecule has 5 nitrogen and oxygen atoms in total. The Balaban J connectivity index is 2.11. The number of aryl methyl sites for hydroxylation is 3. The Kier molecular flexibility index (Phi) is 3.66. The van der Waals surface area contributed by atoms with Crippen LogP contribution in [-0.2, 0) is 13.6 Å². The maximum Gasteiger partial charge on any atom is 0.145 e. The minimum absolute atomic E-state index is 0.656. The molecule has 1 aliphatic rings. The number of rotatable bonds is 4. The molecule has 0 fully saturated rings. The third-order valence-corrected chi connectivity index (χ3v) is 4.13. The van der Waals surface area contributed by atoms with Crippen molar-refractivity contribution in [2.45, 2.75) is 53.0 Å². The zero-order valence-corrected chi connectivity index (χ0v) is 13.3. The van der Waals surface area contributed by atoms with E-state index in [4.69, 9.17) is 4.99 Å². The lowest BCUT2D eigenvalue weighted by Gasteiger charge is -2.10. The van der Waals surface area contributed by atoms with Gasteiger partial charge in [-0.05, 0) is 26.7 Å². The van der Waals surface area contributed by atoms with E-state index in [9.17, 15) is 0 Å². The fourth-order valence-electron chi connectivity index (χ4n) is 3.12. The second kappa shape index (κ2) is 5.47. The molecule has 0 bridgehead atoms. The van der Waals surface area contributed by atoms with Gasteiger partial charge >= 0.3 is 0 Å². The third kappa shape index (κ3) is 2.30. The molecule has 3 heterocycles. The van der Waals surface area contributed by atoms with Gasteiger partial charge in [0.25, 0.3) is 0 Å². The Hall–Kier alpha value is -1.91. The van der Waals surface area contributed by atoms with Crippen molar-refractivity contribution in [3.63, 3.8) is 0 Å². The lowest BCUT2D eigenvalue weighted by molar-refractivity contribution is 0.702. The summed E-state index contributed by atoms with van der Waals surface area (Å²) in [6.07, 6.45) is 6.60. The first-order chi connectivity index (χ1) is 10.1. The average molecular weight is 285 g/mol. The van der Waals surface area contributed by atoms with Crippen LogP contribution in [0.1, 0.15) is 55.4 Å². The number of hydrogen-bond acceptors (Lipinski definition) is 3. The molecule has 3 rings (SSSR count). The Labute approximate surface area is 125 Å². The highest BCUT2D eigenvalue weighted by Gasteiger charge is 2.25. The molecule has 0 amide bonds. The van der Waals surface area contributed by atoms with Gasteiger partial charge < -0.3 is 0 Å². The van der Waals surface area contributed by atoms with Gasteiger partial charge in [-0.2, -0.15) is 5.10 Å². The van der Waals surface area contributed by atoms with E-state index in [0.29, 0.717) is 6.54 Å². The topological polar surface area (TPSA) is 48.0 Å². The van der Waals surface area contributed by atoms with Gasteiger partial charge in [0.15, 0.2) is 0 Å². The van der Waals surface area contributed by atoms with E-state index in [-0.39, 0.29) is 0 Å². The van der Waals surface area contributed by atoms with Crippen LogP contribution in [0, 0.1) is 13.8 Å². The van der Waals surface area contributed by atoms with Gasteiger partial charge in [-0.1, -0.05) is 19.8 Å². The number of imidazole rings is 1. The van der Waals surface area contributed by atoms with Crippen LogP contribution < -0.4 is 0 Å². The molecule has 5 heteroatoms. The number of unbranched alkanes of at least 4 members (excludes halogenated alkanes) is 2. The van der Waals surface area contributed by atoms with E-state index in [1.54, 1.807) is 0 Å². The smallest absolute Gasteiger partial charge is 0.145 e. The number of nitrogens with zero attached hydrogens (tertiary/aromatic N) is 5. The van der Waals surface area contributed by atoms with E-state index < -0.39 is 0 Å². The summed E-state index contributed by atoms with van der Waals surface area (Å²) in [5, 5.41) is 4.62. The van der Waals surface area contributed by atoms with Gasteiger partial charge in [-0.15, -0.1) is 0 Å². The zero-order valence-electron chi connectivity index (χ0n) is 13.3. The van der Waals surface area contributed by atoms with Crippen molar-refractivity contribution in [3.8, 4) is 5.82 Å². The van der Waals surface area contributed by atoms with Crippen LogP contribution in [-0.4, -0.2) is 25.0 Å². The number of aromatic nitrogens is 4. The molecule has 21 heavy (non-hydrogen) atoms. The predicted molar refractivity (Wildman–Crippen MR) is 84.2 cm³/mol. The molecule has 1 aliphatic heterocycles. The summed E-state index contributed by atoms with van der Waals surface area (Å²) in [6, 6.07) is 0. The maximum atomic E-state index is 4.85. The van der Waals surface area contributed by atoms with Crippen molar-refractivity contribution in [2.24, 2.45) is 12.0 Å². The van der Waals surface area contributed by atoms with Gasteiger partial charge in [-0.3, -0.25) is 14.2 Å². The Morgan fingerprint density at radius 2 is 2.05 bits per heavy atom. The lowest BCUT2D eigenvalue weighted by atomic mass is 10.0. The van der Waals surface area contributed by atoms with Crippen molar-refractivity contribution in [1.29, 1.82) is 0 Å². The fourth-order valence-corrected chi connectivity index (χ4v) is 3.12. The highest BCUT2D eigenvalue weighted by atomic mass is 15.3. The summed E-state index contributed by atoms with van der Waals surface area (Å²) in [4.78, 5) is 9.36. The minimum Gasteiger partial charge on any atom is -0.283 e. The van der Waals surface area contributed by atoms with Crippen molar-refractivity contribution in [1.82, 2.24) is 19.3 Å². The quantitative estimate of drug-likeness (QED) is 0.810. The first-order valence-corrected chi connectivity index (χ1v) is 7.74. The van der Waals surface area contributed by atoms with Crippen LogP contribution in [0.25, 0.3) is 5.82 Å². The second-order valence-electron chi connectivity index (χ2n) is 5.78. The summed E-state index contributed by atoms with van der Waals surface area (Å²) in [7, 11) is 2.00. The SMILES string of the molecule is CCCCCC1=NCc2ncc(C)n2-c2c1c(C)nn2C. The molecule has 0 N–H and O–H groups in total. The molecule has 2 aromatic heterocycles. The molecule has 0 saturated heterocycles. The normalized spacial score (nSPS) is 13.6.